The Morgan fingerprint density at radius 2 is 1.70 bits per heavy atom. The van der Waals surface area contributed by atoms with Crippen LogP contribution in [-0.2, 0) is 16.0 Å². The van der Waals surface area contributed by atoms with Crippen LogP contribution in [0.4, 0.5) is 5.69 Å². The van der Waals surface area contributed by atoms with Gasteiger partial charge in [-0.1, -0.05) is 54.6 Å². The molecule has 1 aliphatic rings. The summed E-state index contributed by atoms with van der Waals surface area (Å²) >= 11 is 0. The van der Waals surface area contributed by atoms with E-state index in [-0.39, 0.29) is 17.7 Å². The van der Waals surface area contributed by atoms with Crippen LogP contribution in [0.25, 0.3) is 10.8 Å². The Morgan fingerprint density at radius 3 is 2.52 bits per heavy atom. The highest BCUT2D eigenvalue weighted by molar-refractivity contribution is 6.02. The van der Waals surface area contributed by atoms with Crippen molar-refractivity contribution >= 4 is 28.3 Å². The van der Waals surface area contributed by atoms with Crippen molar-refractivity contribution in [3.8, 4) is 5.75 Å². The molecule has 2 amide bonds. The summed E-state index contributed by atoms with van der Waals surface area (Å²) in [6.07, 6.45) is 2.27. The summed E-state index contributed by atoms with van der Waals surface area (Å²) in [6.45, 7) is 2.42. The molecular weight excluding hydrogens is 414 g/mol. The number of carbonyl (C=O) groups excluding carboxylic acids is 2. The average Bonchev–Trinajstić information content (AvgIpc) is 2.85. The second-order valence-corrected chi connectivity index (χ2v) is 8.48. The van der Waals surface area contributed by atoms with E-state index >= 15 is 0 Å². The molecule has 1 saturated heterocycles. The van der Waals surface area contributed by atoms with Crippen LogP contribution in [0, 0.1) is 5.92 Å². The molecule has 33 heavy (non-hydrogen) atoms. The lowest BCUT2D eigenvalue weighted by Crippen LogP contribution is -2.43. The number of anilines is 1. The number of benzene rings is 3. The van der Waals surface area contributed by atoms with Gasteiger partial charge in [0, 0.05) is 23.5 Å². The van der Waals surface area contributed by atoms with E-state index in [0.29, 0.717) is 13.1 Å². The minimum Gasteiger partial charge on any atom is -0.496 e. The van der Waals surface area contributed by atoms with Gasteiger partial charge in [-0.3, -0.25) is 14.5 Å². The lowest BCUT2D eigenvalue weighted by Gasteiger charge is -2.30. The fourth-order valence-electron chi connectivity index (χ4n) is 4.45. The number of methoxy groups -OCH3 is 1. The quantitative estimate of drug-likeness (QED) is 0.552. The molecule has 1 heterocycles. The predicted octanol–water partition coefficient (Wildman–Crippen LogP) is 3.86. The maximum Gasteiger partial charge on any atom is 0.238 e. The summed E-state index contributed by atoms with van der Waals surface area (Å²) in [6, 6.07) is 21.8. The van der Waals surface area contributed by atoms with E-state index in [1.807, 2.05) is 66.7 Å². The van der Waals surface area contributed by atoms with Gasteiger partial charge >= 0.3 is 0 Å². The number of fused-ring (bicyclic) bond motifs is 1. The Balaban J connectivity index is 1.21. The highest BCUT2D eigenvalue weighted by Gasteiger charge is 2.25. The molecule has 0 spiro atoms. The molecular formula is C27H31N3O3. The van der Waals surface area contributed by atoms with E-state index < -0.39 is 0 Å². The van der Waals surface area contributed by atoms with E-state index in [1.54, 1.807) is 7.11 Å². The molecule has 2 N–H and O–H groups in total. The van der Waals surface area contributed by atoms with Gasteiger partial charge in [-0.25, -0.2) is 0 Å². The Labute approximate surface area is 194 Å². The first-order valence-electron chi connectivity index (χ1n) is 11.5. The van der Waals surface area contributed by atoms with E-state index in [9.17, 15) is 9.59 Å². The third kappa shape index (κ3) is 5.90. The summed E-state index contributed by atoms with van der Waals surface area (Å²) < 4.78 is 5.37. The maximum atomic E-state index is 12.6. The Hall–Kier alpha value is -3.38. The Kier molecular flexibility index (Phi) is 7.58. The third-order valence-corrected chi connectivity index (χ3v) is 6.28. The number of carbonyl (C=O) groups is 2. The zero-order chi connectivity index (χ0) is 23.0. The van der Waals surface area contributed by atoms with Crippen molar-refractivity contribution in [3.63, 3.8) is 0 Å². The van der Waals surface area contributed by atoms with Crippen molar-refractivity contribution in [1.29, 1.82) is 0 Å². The first-order chi connectivity index (χ1) is 16.1. The molecule has 6 heteroatoms. The zero-order valence-electron chi connectivity index (χ0n) is 19.0. The number of ether oxygens (including phenoxy) is 1. The first kappa shape index (κ1) is 22.8. The predicted molar refractivity (Wildman–Crippen MR) is 131 cm³/mol. The van der Waals surface area contributed by atoms with Gasteiger partial charge in [-0.05, 0) is 55.4 Å². The molecule has 1 fully saturated rings. The van der Waals surface area contributed by atoms with Crippen LogP contribution in [-0.4, -0.2) is 50.0 Å². The van der Waals surface area contributed by atoms with Crippen molar-refractivity contribution in [2.45, 2.75) is 19.3 Å². The van der Waals surface area contributed by atoms with Gasteiger partial charge in [-0.2, -0.15) is 0 Å². The zero-order valence-corrected chi connectivity index (χ0v) is 19.0. The summed E-state index contributed by atoms with van der Waals surface area (Å²) in [5.41, 5.74) is 1.93. The van der Waals surface area contributed by atoms with Crippen molar-refractivity contribution in [3.05, 3.63) is 72.3 Å². The van der Waals surface area contributed by atoms with E-state index in [4.69, 9.17) is 4.74 Å². The van der Waals surface area contributed by atoms with Crippen LogP contribution >= 0.6 is 0 Å². The number of hydrogen-bond donors (Lipinski definition) is 2. The average molecular weight is 446 g/mol. The van der Waals surface area contributed by atoms with Gasteiger partial charge in [0.25, 0.3) is 0 Å². The number of rotatable bonds is 8. The molecule has 0 atom stereocenters. The molecule has 1 aliphatic heterocycles. The number of hydrogen-bond acceptors (Lipinski definition) is 4. The lowest BCUT2D eigenvalue weighted by atomic mass is 9.96. The van der Waals surface area contributed by atoms with Crippen molar-refractivity contribution < 1.29 is 14.3 Å². The van der Waals surface area contributed by atoms with Crippen LogP contribution in [0.15, 0.2) is 66.7 Å². The number of para-hydroxylation sites is 1. The number of likely N-dealkylation sites (tertiary alicyclic amines) is 1. The van der Waals surface area contributed by atoms with Gasteiger partial charge in [0.2, 0.25) is 11.8 Å². The number of piperidine rings is 1. The second kappa shape index (κ2) is 11.0. The van der Waals surface area contributed by atoms with Gasteiger partial charge in [0.1, 0.15) is 5.75 Å². The van der Waals surface area contributed by atoms with Crippen molar-refractivity contribution in [2.75, 3.05) is 38.6 Å². The largest absolute Gasteiger partial charge is 0.496 e. The van der Waals surface area contributed by atoms with Crippen molar-refractivity contribution in [1.82, 2.24) is 10.2 Å². The summed E-state index contributed by atoms with van der Waals surface area (Å²) in [4.78, 5) is 27.3. The molecule has 0 aromatic heterocycles. The van der Waals surface area contributed by atoms with Crippen LogP contribution in [0.5, 0.6) is 5.75 Å². The van der Waals surface area contributed by atoms with Crippen molar-refractivity contribution in [2.24, 2.45) is 5.92 Å². The summed E-state index contributed by atoms with van der Waals surface area (Å²) in [5, 5.41) is 8.26. The van der Waals surface area contributed by atoms with E-state index in [0.717, 1.165) is 60.1 Å². The Bertz CT molecular complexity index is 1100. The van der Waals surface area contributed by atoms with E-state index in [1.165, 1.54) is 0 Å². The number of nitrogens with one attached hydrogen (secondary N) is 2. The summed E-state index contributed by atoms with van der Waals surface area (Å²) in [5.74, 6) is 0.928. The second-order valence-electron chi connectivity index (χ2n) is 8.48. The molecule has 3 aromatic rings. The molecule has 4 rings (SSSR count). The van der Waals surface area contributed by atoms with Crippen LogP contribution in [0.2, 0.25) is 0 Å². The van der Waals surface area contributed by atoms with Gasteiger partial charge < -0.3 is 15.4 Å². The SMILES string of the molecule is COc1ccccc1CCNC(=O)C1CCN(CC(=O)Nc2cccc3ccccc23)CC1. The normalized spacial score (nSPS) is 14.7. The van der Waals surface area contributed by atoms with Crippen LogP contribution < -0.4 is 15.4 Å². The fourth-order valence-corrected chi connectivity index (χ4v) is 4.45. The number of nitrogens with zero attached hydrogens (tertiary/aromatic N) is 1. The summed E-state index contributed by atoms with van der Waals surface area (Å²) in [7, 11) is 1.66. The lowest BCUT2D eigenvalue weighted by molar-refractivity contribution is -0.126. The fraction of sp³-hybridized carbons (Fsp3) is 0.333. The van der Waals surface area contributed by atoms with Gasteiger partial charge in [0.15, 0.2) is 0 Å². The van der Waals surface area contributed by atoms with E-state index in [2.05, 4.69) is 15.5 Å². The molecule has 0 radical (unpaired) electrons. The Morgan fingerprint density at radius 1 is 0.970 bits per heavy atom. The minimum absolute atomic E-state index is 0.0000436. The molecule has 172 valence electrons. The minimum atomic E-state index is -0.0222. The molecule has 0 bridgehead atoms. The third-order valence-electron chi connectivity index (χ3n) is 6.28. The monoisotopic (exact) mass is 445 g/mol. The topological polar surface area (TPSA) is 70.7 Å². The molecule has 0 saturated carbocycles. The van der Waals surface area contributed by atoms with Crippen LogP contribution in [0.1, 0.15) is 18.4 Å². The first-order valence-corrected chi connectivity index (χ1v) is 11.5. The van der Waals surface area contributed by atoms with Gasteiger partial charge in [0.05, 0.1) is 13.7 Å². The standard InChI is InChI=1S/C27H31N3O3/c1-33-25-12-5-3-8-21(25)13-16-28-27(32)22-14-17-30(18-15-22)19-26(31)29-24-11-6-9-20-7-2-4-10-23(20)24/h2-12,22H,13-19H2,1H3,(H,28,32)(H,29,31). The maximum absolute atomic E-state index is 12.6. The molecule has 6 nitrogen and oxygen atoms in total. The van der Waals surface area contributed by atoms with Gasteiger partial charge in [-0.15, -0.1) is 0 Å². The molecule has 0 unspecified atom stereocenters. The molecule has 3 aromatic carbocycles. The number of amides is 2. The highest BCUT2D eigenvalue weighted by Crippen LogP contribution is 2.23. The smallest absolute Gasteiger partial charge is 0.238 e. The van der Waals surface area contributed by atoms with Crippen LogP contribution in [0.3, 0.4) is 0 Å². The molecule has 0 aliphatic carbocycles. The highest BCUT2D eigenvalue weighted by atomic mass is 16.5.